The summed E-state index contributed by atoms with van der Waals surface area (Å²) in [6, 6.07) is 0. The molecule has 0 aliphatic carbocycles. The largest absolute Gasteiger partial charge is 0.469 e. The van der Waals surface area contributed by atoms with E-state index >= 15 is 0 Å². The molecule has 1 aliphatic heterocycles. The summed E-state index contributed by atoms with van der Waals surface area (Å²) < 4.78 is 10.1. The van der Waals surface area contributed by atoms with Crippen LogP contribution in [0.15, 0.2) is 0 Å². The molecule has 14 heavy (non-hydrogen) atoms. The highest BCUT2D eigenvalue weighted by Crippen LogP contribution is 2.21. The second kappa shape index (κ2) is 5.98. The number of aliphatic hydroxyl groups excluding tert-OH is 1. The summed E-state index contributed by atoms with van der Waals surface area (Å²) in [5.41, 5.74) is 0. The molecule has 4 heteroatoms. The number of aliphatic hydroxyl groups is 1. The SMILES string of the molecule is COC(=O)CCC1CCCC(CO)O1. The Kier molecular flexibility index (Phi) is 4.90. The van der Waals surface area contributed by atoms with Crippen molar-refractivity contribution in [3.8, 4) is 0 Å². The zero-order valence-corrected chi connectivity index (χ0v) is 8.57. The molecule has 2 unspecified atom stereocenters. The Morgan fingerprint density at radius 2 is 2.21 bits per heavy atom. The van der Waals surface area contributed by atoms with E-state index in [1.54, 1.807) is 0 Å². The van der Waals surface area contributed by atoms with E-state index in [4.69, 9.17) is 9.84 Å². The van der Waals surface area contributed by atoms with Crippen molar-refractivity contribution in [3.05, 3.63) is 0 Å². The summed E-state index contributed by atoms with van der Waals surface area (Å²) in [6.45, 7) is 0.0781. The number of rotatable bonds is 4. The monoisotopic (exact) mass is 202 g/mol. The Morgan fingerprint density at radius 3 is 2.86 bits per heavy atom. The molecule has 0 spiro atoms. The molecule has 82 valence electrons. The average molecular weight is 202 g/mol. The van der Waals surface area contributed by atoms with Crippen molar-refractivity contribution in [1.82, 2.24) is 0 Å². The van der Waals surface area contributed by atoms with Gasteiger partial charge in [-0.05, 0) is 25.7 Å². The summed E-state index contributed by atoms with van der Waals surface area (Å²) in [7, 11) is 1.39. The van der Waals surface area contributed by atoms with E-state index in [0.717, 1.165) is 19.3 Å². The van der Waals surface area contributed by atoms with Crippen LogP contribution >= 0.6 is 0 Å². The molecule has 0 saturated carbocycles. The minimum atomic E-state index is -0.195. The summed E-state index contributed by atoms with van der Waals surface area (Å²) in [5.74, 6) is -0.195. The van der Waals surface area contributed by atoms with Gasteiger partial charge in [0.1, 0.15) is 0 Å². The Bertz CT molecular complexity index is 181. The fourth-order valence-electron chi connectivity index (χ4n) is 1.71. The van der Waals surface area contributed by atoms with Gasteiger partial charge in [0.15, 0.2) is 0 Å². The topological polar surface area (TPSA) is 55.8 Å². The van der Waals surface area contributed by atoms with Crippen LogP contribution in [0.25, 0.3) is 0 Å². The summed E-state index contributed by atoms with van der Waals surface area (Å²) in [5, 5.41) is 8.92. The second-order valence-corrected chi connectivity index (χ2v) is 3.61. The molecule has 1 fully saturated rings. The molecule has 1 N–H and O–H groups in total. The maximum absolute atomic E-state index is 10.9. The normalized spacial score (nSPS) is 27.3. The number of esters is 1. The molecule has 0 radical (unpaired) electrons. The zero-order chi connectivity index (χ0) is 10.4. The molecular formula is C10H18O4. The minimum Gasteiger partial charge on any atom is -0.469 e. The molecule has 0 aromatic heterocycles. The lowest BCUT2D eigenvalue weighted by atomic mass is 10.0. The highest BCUT2D eigenvalue weighted by atomic mass is 16.5. The fourth-order valence-corrected chi connectivity index (χ4v) is 1.71. The number of ether oxygens (including phenoxy) is 2. The third kappa shape index (κ3) is 3.64. The van der Waals surface area contributed by atoms with Crippen LogP contribution in [0.3, 0.4) is 0 Å². The molecule has 0 aromatic carbocycles. The van der Waals surface area contributed by atoms with Gasteiger partial charge in [-0.1, -0.05) is 0 Å². The molecular weight excluding hydrogens is 184 g/mol. The van der Waals surface area contributed by atoms with Crippen molar-refractivity contribution in [2.75, 3.05) is 13.7 Å². The highest BCUT2D eigenvalue weighted by molar-refractivity contribution is 5.69. The van der Waals surface area contributed by atoms with E-state index < -0.39 is 0 Å². The molecule has 0 aromatic rings. The third-order valence-electron chi connectivity index (χ3n) is 2.54. The Labute approximate surface area is 84.2 Å². The molecule has 1 aliphatic rings. The quantitative estimate of drug-likeness (QED) is 0.687. The molecule has 1 saturated heterocycles. The van der Waals surface area contributed by atoms with E-state index in [1.807, 2.05) is 0 Å². The van der Waals surface area contributed by atoms with E-state index in [9.17, 15) is 4.79 Å². The van der Waals surface area contributed by atoms with Crippen LogP contribution < -0.4 is 0 Å². The molecule has 0 bridgehead atoms. The average Bonchev–Trinajstić information content (AvgIpc) is 2.26. The maximum atomic E-state index is 10.9. The lowest BCUT2D eigenvalue weighted by Gasteiger charge is -2.28. The van der Waals surface area contributed by atoms with Gasteiger partial charge in [-0.25, -0.2) is 0 Å². The van der Waals surface area contributed by atoms with Crippen LogP contribution in [-0.4, -0.2) is 37.0 Å². The van der Waals surface area contributed by atoms with Crippen LogP contribution in [0.2, 0.25) is 0 Å². The van der Waals surface area contributed by atoms with Crippen molar-refractivity contribution in [3.63, 3.8) is 0 Å². The highest BCUT2D eigenvalue weighted by Gasteiger charge is 2.22. The first-order valence-electron chi connectivity index (χ1n) is 5.09. The summed E-state index contributed by atoms with van der Waals surface area (Å²) in [6.07, 6.45) is 4.14. The molecule has 2 atom stereocenters. The van der Waals surface area contributed by atoms with E-state index in [2.05, 4.69) is 4.74 Å². The lowest BCUT2D eigenvalue weighted by molar-refractivity contribution is -0.142. The van der Waals surface area contributed by atoms with Gasteiger partial charge in [-0.3, -0.25) is 4.79 Å². The third-order valence-corrected chi connectivity index (χ3v) is 2.54. The first-order valence-corrected chi connectivity index (χ1v) is 5.09. The first-order chi connectivity index (χ1) is 6.76. The maximum Gasteiger partial charge on any atom is 0.305 e. The van der Waals surface area contributed by atoms with Gasteiger partial charge in [0.25, 0.3) is 0 Å². The van der Waals surface area contributed by atoms with Gasteiger partial charge in [-0.2, -0.15) is 0 Å². The molecule has 1 heterocycles. The minimum absolute atomic E-state index is 0.0357. The predicted molar refractivity (Wildman–Crippen MR) is 50.8 cm³/mol. The number of hydrogen-bond acceptors (Lipinski definition) is 4. The van der Waals surface area contributed by atoms with Crippen molar-refractivity contribution >= 4 is 5.97 Å². The molecule has 0 amide bonds. The van der Waals surface area contributed by atoms with Crippen molar-refractivity contribution in [1.29, 1.82) is 0 Å². The van der Waals surface area contributed by atoms with Crippen LogP contribution in [0, 0.1) is 0 Å². The predicted octanol–water partition coefficient (Wildman–Crippen LogP) is 0.870. The van der Waals surface area contributed by atoms with Crippen molar-refractivity contribution in [2.45, 2.75) is 44.3 Å². The van der Waals surface area contributed by atoms with E-state index in [0.29, 0.717) is 12.8 Å². The Balaban J connectivity index is 2.20. The van der Waals surface area contributed by atoms with Gasteiger partial charge < -0.3 is 14.6 Å². The van der Waals surface area contributed by atoms with Crippen LogP contribution in [0.5, 0.6) is 0 Å². The molecule has 4 nitrogen and oxygen atoms in total. The summed E-state index contributed by atoms with van der Waals surface area (Å²) in [4.78, 5) is 10.9. The van der Waals surface area contributed by atoms with E-state index in [1.165, 1.54) is 7.11 Å². The smallest absolute Gasteiger partial charge is 0.305 e. The van der Waals surface area contributed by atoms with Gasteiger partial charge in [0, 0.05) is 6.42 Å². The van der Waals surface area contributed by atoms with Crippen molar-refractivity contribution in [2.24, 2.45) is 0 Å². The van der Waals surface area contributed by atoms with Crippen LogP contribution in [-0.2, 0) is 14.3 Å². The Hall–Kier alpha value is -0.610. The standard InChI is InChI=1S/C10H18O4/c1-13-10(12)6-5-8-3-2-4-9(7-11)14-8/h8-9,11H,2-7H2,1H3. The number of carbonyl (C=O) groups excluding carboxylic acids is 1. The van der Waals surface area contributed by atoms with Gasteiger partial charge in [-0.15, -0.1) is 0 Å². The number of carbonyl (C=O) groups is 1. The fraction of sp³-hybridized carbons (Fsp3) is 0.900. The summed E-state index contributed by atoms with van der Waals surface area (Å²) >= 11 is 0. The van der Waals surface area contributed by atoms with Crippen LogP contribution in [0.4, 0.5) is 0 Å². The number of hydrogen-bond donors (Lipinski definition) is 1. The van der Waals surface area contributed by atoms with Gasteiger partial charge >= 0.3 is 5.97 Å². The lowest BCUT2D eigenvalue weighted by Crippen LogP contribution is -2.30. The Morgan fingerprint density at radius 1 is 1.50 bits per heavy atom. The first kappa shape index (κ1) is 11.5. The zero-order valence-electron chi connectivity index (χ0n) is 8.57. The van der Waals surface area contributed by atoms with Crippen LogP contribution in [0.1, 0.15) is 32.1 Å². The number of methoxy groups -OCH3 is 1. The second-order valence-electron chi connectivity index (χ2n) is 3.61. The van der Waals surface area contributed by atoms with E-state index in [-0.39, 0.29) is 24.8 Å². The van der Waals surface area contributed by atoms with Gasteiger partial charge in [0.2, 0.25) is 0 Å². The van der Waals surface area contributed by atoms with Gasteiger partial charge in [0.05, 0.1) is 25.9 Å². The van der Waals surface area contributed by atoms with Crippen molar-refractivity contribution < 1.29 is 19.4 Å². The molecule has 1 rings (SSSR count).